The molecule has 26 heavy (non-hydrogen) atoms. The van der Waals surface area contributed by atoms with Gasteiger partial charge < -0.3 is 15.0 Å². The summed E-state index contributed by atoms with van der Waals surface area (Å²) < 4.78 is 5.17. The molecule has 1 N–H and O–H groups in total. The molecule has 0 unspecified atom stereocenters. The maximum absolute atomic E-state index is 12.6. The molecule has 0 saturated carbocycles. The first-order valence-electron chi connectivity index (χ1n) is 8.64. The Kier molecular flexibility index (Phi) is 4.28. The summed E-state index contributed by atoms with van der Waals surface area (Å²) in [6.45, 7) is 1.43. The number of ether oxygens (including phenoxy) is 1. The molecule has 7 heteroatoms. The molecule has 2 aromatic rings. The van der Waals surface area contributed by atoms with Crippen molar-refractivity contribution >= 4 is 11.8 Å². The van der Waals surface area contributed by atoms with E-state index in [-0.39, 0.29) is 24.2 Å². The Bertz CT molecular complexity index is 850. The van der Waals surface area contributed by atoms with Gasteiger partial charge in [0.25, 0.3) is 0 Å². The first kappa shape index (κ1) is 16.5. The van der Waals surface area contributed by atoms with Crippen molar-refractivity contribution in [3.63, 3.8) is 0 Å². The topological polar surface area (TPSA) is 84.4 Å². The van der Waals surface area contributed by atoms with Crippen LogP contribution < -0.4 is 10.1 Å². The number of nitrogens with zero attached hydrogens (tertiary/aromatic N) is 3. The molecule has 134 valence electrons. The van der Waals surface area contributed by atoms with Crippen LogP contribution in [0.5, 0.6) is 5.75 Å². The Morgan fingerprint density at radius 1 is 1.31 bits per heavy atom. The highest BCUT2D eigenvalue weighted by atomic mass is 16.5. The predicted molar refractivity (Wildman–Crippen MR) is 93.2 cm³/mol. The minimum Gasteiger partial charge on any atom is -0.497 e. The molecular weight excluding hydrogens is 332 g/mol. The van der Waals surface area contributed by atoms with Crippen LogP contribution in [0.4, 0.5) is 0 Å². The van der Waals surface area contributed by atoms with E-state index in [4.69, 9.17) is 4.74 Å². The maximum atomic E-state index is 12.6. The van der Waals surface area contributed by atoms with Crippen molar-refractivity contribution in [3.8, 4) is 5.75 Å². The van der Waals surface area contributed by atoms with Crippen molar-refractivity contribution in [2.24, 2.45) is 5.92 Å². The second-order valence-electron chi connectivity index (χ2n) is 6.68. The Balaban J connectivity index is 1.44. The summed E-state index contributed by atoms with van der Waals surface area (Å²) in [5.41, 5.74) is 2.98. The average Bonchev–Trinajstić information content (AvgIpc) is 3.27. The number of benzene rings is 1. The molecule has 1 fully saturated rings. The number of nitrogens with one attached hydrogen (secondary N) is 1. The lowest BCUT2D eigenvalue weighted by Gasteiger charge is -2.18. The molecule has 1 atom stereocenters. The molecule has 0 aliphatic carbocycles. The Morgan fingerprint density at radius 3 is 2.81 bits per heavy atom. The molecule has 0 radical (unpaired) electrons. The lowest BCUT2D eigenvalue weighted by molar-refractivity contribution is -0.136. The summed E-state index contributed by atoms with van der Waals surface area (Å²) >= 11 is 0. The van der Waals surface area contributed by atoms with Gasteiger partial charge in [-0.05, 0) is 17.7 Å². The maximum Gasteiger partial charge on any atom is 0.228 e. The molecule has 2 amide bonds. The number of rotatable bonds is 4. The van der Waals surface area contributed by atoms with Crippen LogP contribution in [-0.2, 0) is 29.1 Å². The molecule has 7 nitrogen and oxygen atoms in total. The van der Waals surface area contributed by atoms with E-state index in [2.05, 4.69) is 15.3 Å². The van der Waals surface area contributed by atoms with Crippen LogP contribution in [0.3, 0.4) is 0 Å². The van der Waals surface area contributed by atoms with Crippen molar-refractivity contribution in [2.45, 2.75) is 25.9 Å². The molecule has 3 heterocycles. The van der Waals surface area contributed by atoms with Crippen molar-refractivity contribution < 1.29 is 14.3 Å². The first-order valence-corrected chi connectivity index (χ1v) is 8.64. The van der Waals surface area contributed by atoms with Gasteiger partial charge in [-0.25, -0.2) is 9.97 Å². The minimum absolute atomic E-state index is 0.0121. The third kappa shape index (κ3) is 3.24. The first-order chi connectivity index (χ1) is 12.6. The Hall–Kier alpha value is -2.96. The third-order valence-electron chi connectivity index (χ3n) is 4.87. The zero-order valence-electron chi connectivity index (χ0n) is 14.6. The van der Waals surface area contributed by atoms with E-state index in [0.29, 0.717) is 26.1 Å². The van der Waals surface area contributed by atoms with Gasteiger partial charge in [-0.1, -0.05) is 12.1 Å². The summed E-state index contributed by atoms with van der Waals surface area (Å²) in [5, 5.41) is 2.72. The van der Waals surface area contributed by atoms with Crippen LogP contribution >= 0.6 is 0 Å². The van der Waals surface area contributed by atoms with E-state index < -0.39 is 0 Å². The third-order valence-corrected chi connectivity index (χ3v) is 4.87. The van der Waals surface area contributed by atoms with Crippen LogP contribution in [0.2, 0.25) is 0 Å². The average molecular weight is 352 g/mol. The standard InChI is InChI=1S/C19H20N4O3/c1-26-15-4-2-12(3-5-15)6-17-20-9-14-10-23(11-16(14)22-17)19(25)13-7-18(24)21-8-13/h2-5,9,13H,6-8,10-11H2,1H3,(H,21,24)/t13-/m1/s1. The highest BCUT2D eigenvalue weighted by Gasteiger charge is 2.34. The van der Waals surface area contributed by atoms with Gasteiger partial charge in [0.2, 0.25) is 11.8 Å². The monoisotopic (exact) mass is 352 g/mol. The summed E-state index contributed by atoms with van der Waals surface area (Å²) in [6.07, 6.45) is 2.72. The fourth-order valence-electron chi connectivity index (χ4n) is 3.40. The molecule has 2 aliphatic heterocycles. The van der Waals surface area contributed by atoms with Crippen LogP contribution in [0, 0.1) is 5.92 Å². The summed E-state index contributed by atoms with van der Waals surface area (Å²) in [4.78, 5) is 34.8. The Morgan fingerprint density at radius 2 is 2.12 bits per heavy atom. The summed E-state index contributed by atoms with van der Waals surface area (Å²) in [5.74, 6) is 1.25. The van der Waals surface area contributed by atoms with Crippen LogP contribution in [-0.4, -0.2) is 40.3 Å². The number of carbonyl (C=O) groups is 2. The van der Waals surface area contributed by atoms with E-state index in [9.17, 15) is 9.59 Å². The fourth-order valence-corrected chi connectivity index (χ4v) is 3.40. The van der Waals surface area contributed by atoms with E-state index in [0.717, 1.165) is 28.4 Å². The van der Waals surface area contributed by atoms with Crippen LogP contribution in [0.25, 0.3) is 0 Å². The van der Waals surface area contributed by atoms with Crippen molar-refractivity contribution in [2.75, 3.05) is 13.7 Å². The van der Waals surface area contributed by atoms with Gasteiger partial charge in [-0.15, -0.1) is 0 Å². The highest BCUT2D eigenvalue weighted by molar-refractivity contribution is 5.89. The molecule has 0 spiro atoms. The number of hydrogen-bond acceptors (Lipinski definition) is 5. The van der Waals surface area contributed by atoms with Gasteiger partial charge >= 0.3 is 0 Å². The van der Waals surface area contributed by atoms with E-state index in [1.165, 1.54) is 0 Å². The van der Waals surface area contributed by atoms with Crippen LogP contribution in [0.15, 0.2) is 30.5 Å². The lowest BCUT2D eigenvalue weighted by Crippen LogP contribution is -2.33. The molecule has 1 saturated heterocycles. The van der Waals surface area contributed by atoms with Gasteiger partial charge in [0, 0.05) is 37.7 Å². The van der Waals surface area contributed by atoms with E-state index >= 15 is 0 Å². The number of hydrogen-bond donors (Lipinski definition) is 1. The molecule has 4 rings (SSSR count). The number of methoxy groups -OCH3 is 1. The molecular formula is C19H20N4O3. The van der Waals surface area contributed by atoms with Gasteiger partial charge in [0.05, 0.1) is 25.3 Å². The zero-order chi connectivity index (χ0) is 18.1. The number of carbonyl (C=O) groups excluding carboxylic acids is 2. The van der Waals surface area contributed by atoms with Gasteiger partial charge in [-0.2, -0.15) is 0 Å². The van der Waals surface area contributed by atoms with Gasteiger partial charge in [-0.3, -0.25) is 9.59 Å². The quantitative estimate of drug-likeness (QED) is 0.889. The Labute approximate surface area is 151 Å². The van der Waals surface area contributed by atoms with Crippen molar-refractivity contribution in [1.29, 1.82) is 0 Å². The predicted octanol–water partition coefficient (Wildman–Crippen LogP) is 1.05. The van der Waals surface area contributed by atoms with E-state index in [1.807, 2.05) is 30.5 Å². The second kappa shape index (κ2) is 6.74. The second-order valence-corrected chi connectivity index (χ2v) is 6.68. The van der Waals surface area contributed by atoms with Gasteiger partial charge in [0.15, 0.2) is 0 Å². The molecule has 2 aliphatic rings. The molecule has 1 aromatic carbocycles. The van der Waals surface area contributed by atoms with E-state index in [1.54, 1.807) is 12.0 Å². The summed E-state index contributed by atoms with van der Waals surface area (Å²) in [7, 11) is 1.64. The summed E-state index contributed by atoms with van der Waals surface area (Å²) in [6, 6.07) is 7.82. The van der Waals surface area contributed by atoms with Crippen molar-refractivity contribution in [3.05, 3.63) is 53.1 Å². The fraction of sp³-hybridized carbons (Fsp3) is 0.368. The highest BCUT2D eigenvalue weighted by Crippen LogP contribution is 2.24. The minimum atomic E-state index is -0.261. The zero-order valence-corrected chi connectivity index (χ0v) is 14.6. The smallest absolute Gasteiger partial charge is 0.228 e. The lowest BCUT2D eigenvalue weighted by atomic mass is 10.1. The number of aromatic nitrogens is 2. The van der Waals surface area contributed by atoms with Crippen LogP contribution in [0.1, 0.15) is 29.1 Å². The molecule has 1 aromatic heterocycles. The number of fused-ring (bicyclic) bond motifs is 1. The van der Waals surface area contributed by atoms with Crippen molar-refractivity contribution in [1.82, 2.24) is 20.2 Å². The SMILES string of the molecule is COc1ccc(Cc2ncc3c(n2)CN(C(=O)[C@H]2CNC(=O)C2)C3)cc1. The van der Waals surface area contributed by atoms with Gasteiger partial charge in [0.1, 0.15) is 11.6 Å². The molecule has 0 bridgehead atoms. The largest absolute Gasteiger partial charge is 0.497 e. The number of amides is 2. The normalized spacial score (nSPS) is 18.6.